The zero-order valence-corrected chi connectivity index (χ0v) is 12.0. The molecule has 0 amide bonds. The molecular weight excluding hydrogens is 260 g/mol. The molecule has 1 aromatic carbocycles. The third-order valence-electron chi connectivity index (χ3n) is 3.37. The first kappa shape index (κ1) is 14.0. The van der Waals surface area contributed by atoms with Gasteiger partial charge in [-0.25, -0.2) is 13.1 Å². The van der Waals surface area contributed by atoms with E-state index in [1.807, 2.05) is 13.0 Å². The van der Waals surface area contributed by atoms with Crippen LogP contribution in [0.25, 0.3) is 0 Å². The molecule has 102 valence electrons. The van der Waals surface area contributed by atoms with Gasteiger partial charge in [-0.3, -0.25) is 0 Å². The fourth-order valence-electron chi connectivity index (χ4n) is 2.16. The first-order valence-electron chi connectivity index (χ1n) is 6.45. The van der Waals surface area contributed by atoms with Gasteiger partial charge in [0.1, 0.15) is 0 Å². The van der Waals surface area contributed by atoms with Crippen LogP contribution >= 0.6 is 0 Å². The Balaban J connectivity index is 2.14. The van der Waals surface area contributed by atoms with Crippen LogP contribution in [0.3, 0.4) is 0 Å². The second kappa shape index (κ2) is 5.32. The van der Waals surface area contributed by atoms with Gasteiger partial charge in [0.2, 0.25) is 10.0 Å². The molecule has 1 aromatic rings. The van der Waals surface area contributed by atoms with Crippen LogP contribution in [0.1, 0.15) is 37.3 Å². The van der Waals surface area contributed by atoms with Gasteiger partial charge >= 0.3 is 0 Å². The van der Waals surface area contributed by atoms with E-state index in [0.717, 1.165) is 6.42 Å². The van der Waals surface area contributed by atoms with Gasteiger partial charge in [-0.05, 0) is 49.9 Å². The summed E-state index contributed by atoms with van der Waals surface area (Å²) in [6, 6.07) is 6.57. The third-order valence-corrected chi connectivity index (χ3v) is 4.96. The summed E-state index contributed by atoms with van der Waals surface area (Å²) in [4.78, 5) is 0.228. The second-order valence-corrected chi connectivity index (χ2v) is 7.00. The Labute approximate surface area is 114 Å². The standard InChI is InChI=1S/C14H18N2O2S/c1-10-7-14(6-5-13(10)9-15)19(17,18)16-11(2)8-12-3-4-12/h5-7,11-12,16H,3-4,8H2,1-2H3. The molecule has 5 heteroatoms. The number of nitrogens with zero attached hydrogens (tertiary/aromatic N) is 1. The van der Waals surface area contributed by atoms with E-state index in [0.29, 0.717) is 17.0 Å². The molecule has 0 heterocycles. The fourth-order valence-corrected chi connectivity index (χ4v) is 3.50. The molecule has 0 aromatic heterocycles. The number of hydrogen-bond acceptors (Lipinski definition) is 3. The zero-order valence-electron chi connectivity index (χ0n) is 11.2. The first-order valence-corrected chi connectivity index (χ1v) is 7.94. The Morgan fingerprint density at radius 1 is 1.47 bits per heavy atom. The van der Waals surface area contributed by atoms with Crippen LogP contribution in [0.4, 0.5) is 0 Å². The Hall–Kier alpha value is -1.38. The van der Waals surface area contributed by atoms with Crippen molar-refractivity contribution in [2.75, 3.05) is 0 Å². The lowest BCUT2D eigenvalue weighted by Crippen LogP contribution is -2.33. The van der Waals surface area contributed by atoms with E-state index in [9.17, 15) is 8.42 Å². The summed E-state index contributed by atoms with van der Waals surface area (Å²) in [6.07, 6.45) is 3.32. The summed E-state index contributed by atoms with van der Waals surface area (Å²) in [6.45, 7) is 3.64. The number of benzene rings is 1. The molecule has 1 N–H and O–H groups in total. The summed E-state index contributed by atoms with van der Waals surface area (Å²) in [5.41, 5.74) is 1.19. The minimum atomic E-state index is -3.48. The maximum absolute atomic E-state index is 12.2. The van der Waals surface area contributed by atoms with Gasteiger partial charge in [-0.1, -0.05) is 12.8 Å². The highest BCUT2D eigenvalue weighted by Gasteiger charge is 2.26. The van der Waals surface area contributed by atoms with E-state index in [1.54, 1.807) is 19.1 Å². The van der Waals surface area contributed by atoms with Crippen molar-refractivity contribution in [1.82, 2.24) is 4.72 Å². The summed E-state index contributed by atoms with van der Waals surface area (Å²) < 4.78 is 27.1. The van der Waals surface area contributed by atoms with Gasteiger partial charge in [-0.2, -0.15) is 5.26 Å². The largest absolute Gasteiger partial charge is 0.240 e. The molecule has 1 aliphatic rings. The maximum Gasteiger partial charge on any atom is 0.240 e. The average molecular weight is 278 g/mol. The molecule has 1 atom stereocenters. The lowest BCUT2D eigenvalue weighted by Gasteiger charge is -2.14. The van der Waals surface area contributed by atoms with Crippen molar-refractivity contribution in [3.05, 3.63) is 29.3 Å². The number of rotatable bonds is 5. The van der Waals surface area contributed by atoms with Crippen molar-refractivity contribution in [2.45, 2.75) is 44.0 Å². The molecule has 4 nitrogen and oxygen atoms in total. The van der Waals surface area contributed by atoms with Crippen molar-refractivity contribution in [3.63, 3.8) is 0 Å². The first-order chi connectivity index (χ1) is 8.92. The van der Waals surface area contributed by atoms with Crippen LogP contribution in [-0.4, -0.2) is 14.5 Å². The fraction of sp³-hybridized carbons (Fsp3) is 0.500. The Morgan fingerprint density at radius 3 is 2.68 bits per heavy atom. The number of hydrogen-bond donors (Lipinski definition) is 1. The zero-order chi connectivity index (χ0) is 14.0. The van der Waals surface area contributed by atoms with Crippen LogP contribution in [0.2, 0.25) is 0 Å². The van der Waals surface area contributed by atoms with Gasteiger partial charge in [0.15, 0.2) is 0 Å². The van der Waals surface area contributed by atoms with Gasteiger partial charge < -0.3 is 0 Å². The molecule has 0 saturated heterocycles. The summed E-state index contributed by atoms with van der Waals surface area (Å²) in [7, 11) is -3.48. The third kappa shape index (κ3) is 3.55. The van der Waals surface area contributed by atoms with Crippen molar-refractivity contribution >= 4 is 10.0 Å². The lowest BCUT2D eigenvalue weighted by molar-refractivity contribution is 0.530. The minimum Gasteiger partial charge on any atom is -0.208 e. The van der Waals surface area contributed by atoms with Crippen molar-refractivity contribution in [3.8, 4) is 6.07 Å². The topological polar surface area (TPSA) is 70.0 Å². The highest BCUT2D eigenvalue weighted by atomic mass is 32.2. The molecule has 2 rings (SSSR count). The molecule has 1 fully saturated rings. The number of nitriles is 1. The summed E-state index contributed by atoms with van der Waals surface area (Å²) in [5, 5.41) is 8.85. The predicted octanol–water partition coefficient (Wildman–Crippen LogP) is 2.33. The Morgan fingerprint density at radius 2 is 2.16 bits per heavy atom. The number of nitrogens with one attached hydrogen (secondary N) is 1. The average Bonchev–Trinajstić information content (AvgIpc) is 3.11. The normalized spacial score (nSPS) is 16.9. The molecule has 0 radical (unpaired) electrons. The molecule has 0 aliphatic heterocycles. The SMILES string of the molecule is Cc1cc(S(=O)(=O)NC(C)CC2CC2)ccc1C#N. The molecule has 1 aliphatic carbocycles. The van der Waals surface area contributed by atoms with Gasteiger partial charge in [0.05, 0.1) is 16.5 Å². The summed E-state index contributed by atoms with van der Waals surface area (Å²) >= 11 is 0. The monoisotopic (exact) mass is 278 g/mol. The maximum atomic E-state index is 12.2. The quantitative estimate of drug-likeness (QED) is 0.898. The highest BCUT2D eigenvalue weighted by Crippen LogP contribution is 2.33. The van der Waals surface area contributed by atoms with Crippen molar-refractivity contribution in [1.29, 1.82) is 5.26 Å². The molecule has 19 heavy (non-hydrogen) atoms. The predicted molar refractivity (Wildman–Crippen MR) is 73.0 cm³/mol. The van der Waals surface area contributed by atoms with Crippen LogP contribution < -0.4 is 4.72 Å². The van der Waals surface area contributed by atoms with E-state index in [2.05, 4.69) is 4.72 Å². The van der Waals surface area contributed by atoms with Gasteiger partial charge in [0.25, 0.3) is 0 Å². The van der Waals surface area contributed by atoms with Crippen LogP contribution in [0, 0.1) is 24.2 Å². The highest BCUT2D eigenvalue weighted by molar-refractivity contribution is 7.89. The van der Waals surface area contributed by atoms with Crippen LogP contribution in [-0.2, 0) is 10.0 Å². The molecule has 1 unspecified atom stereocenters. The number of sulfonamides is 1. The molecular formula is C14H18N2O2S. The summed E-state index contributed by atoms with van der Waals surface area (Å²) in [5.74, 6) is 0.681. The van der Waals surface area contributed by atoms with E-state index >= 15 is 0 Å². The Bertz CT molecular complexity index is 613. The van der Waals surface area contributed by atoms with Gasteiger partial charge in [0, 0.05) is 6.04 Å². The van der Waals surface area contributed by atoms with Crippen LogP contribution in [0.15, 0.2) is 23.1 Å². The molecule has 0 bridgehead atoms. The Kier molecular flexibility index (Phi) is 3.93. The van der Waals surface area contributed by atoms with Crippen molar-refractivity contribution in [2.24, 2.45) is 5.92 Å². The van der Waals surface area contributed by atoms with E-state index in [4.69, 9.17) is 5.26 Å². The van der Waals surface area contributed by atoms with E-state index in [1.165, 1.54) is 18.9 Å². The minimum absolute atomic E-state index is 0.0477. The van der Waals surface area contributed by atoms with E-state index < -0.39 is 10.0 Å². The molecule has 1 saturated carbocycles. The van der Waals surface area contributed by atoms with Crippen molar-refractivity contribution < 1.29 is 8.42 Å². The molecule has 0 spiro atoms. The lowest BCUT2D eigenvalue weighted by atomic mass is 10.1. The van der Waals surface area contributed by atoms with Crippen LogP contribution in [0.5, 0.6) is 0 Å². The smallest absolute Gasteiger partial charge is 0.208 e. The second-order valence-electron chi connectivity index (χ2n) is 5.29. The van der Waals surface area contributed by atoms with Gasteiger partial charge in [-0.15, -0.1) is 0 Å². The number of aryl methyl sites for hydroxylation is 1. The van der Waals surface area contributed by atoms with E-state index in [-0.39, 0.29) is 10.9 Å².